The number of fused-ring (bicyclic) bond motifs is 1. The molecule has 0 bridgehead atoms. The van der Waals surface area contributed by atoms with E-state index in [1.54, 1.807) is 12.4 Å². The Hall–Kier alpha value is -4.67. The van der Waals surface area contributed by atoms with Crippen molar-refractivity contribution >= 4 is 22.3 Å². The van der Waals surface area contributed by atoms with Gasteiger partial charge in [-0.15, -0.1) is 0 Å². The van der Waals surface area contributed by atoms with Crippen molar-refractivity contribution in [3.8, 4) is 22.9 Å². The van der Waals surface area contributed by atoms with Crippen molar-refractivity contribution < 1.29 is 4.74 Å². The largest absolute Gasteiger partial charge is 0.492 e. The van der Waals surface area contributed by atoms with Crippen molar-refractivity contribution in [2.24, 2.45) is 0 Å². The summed E-state index contributed by atoms with van der Waals surface area (Å²) in [5.41, 5.74) is 8.24. The molecule has 3 N–H and O–H groups in total. The van der Waals surface area contributed by atoms with Crippen molar-refractivity contribution in [2.75, 3.05) is 18.5 Å². The lowest BCUT2D eigenvalue weighted by molar-refractivity contribution is 0.313. The molecule has 0 amide bonds. The smallest absolute Gasteiger partial charge is 0.119 e. The van der Waals surface area contributed by atoms with E-state index >= 15 is 0 Å². The summed E-state index contributed by atoms with van der Waals surface area (Å²) in [5, 5.41) is 17.9. The van der Waals surface area contributed by atoms with E-state index < -0.39 is 0 Å². The van der Waals surface area contributed by atoms with Crippen molar-refractivity contribution in [3.63, 3.8) is 0 Å². The van der Waals surface area contributed by atoms with E-state index in [9.17, 15) is 5.26 Å². The minimum atomic E-state index is 0.495. The van der Waals surface area contributed by atoms with Gasteiger partial charge < -0.3 is 20.4 Å². The Morgan fingerprint density at radius 1 is 1.03 bits per heavy atom. The fourth-order valence-electron chi connectivity index (χ4n) is 4.42. The average Bonchev–Trinajstić information content (AvgIpc) is 3.41. The number of nitrogens with zero attached hydrogens (tertiary/aromatic N) is 3. The van der Waals surface area contributed by atoms with Crippen LogP contribution in [-0.2, 0) is 6.54 Å². The molecule has 0 saturated carbocycles. The molecule has 0 aliphatic heterocycles. The Morgan fingerprint density at radius 2 is 1.89 bits per heavy atom. The Balaban J connectivity index is 1.33. The van der Waals surface area contributed by atoms with Crippen LogP contribution < -0.4 is 15.4 Å². The fraction of sp³-hybridized carbons (Fsp3) is 0.167. The van der Waals surface area contributed by atoms with Gasteiger partial charge in [-0.3, -0.25) is 9.97 Å². The number of aromatic nitrogens is 3. The maximum atomic E-state index is 9.86. The van der Waals surface area contributed by atoms with Gasteiger partial charge in [-0.2, -0.15) is 5.26 Å². The van der Waals surface area contributed by atoms with Gasteiger partial charge in [0.1, 0.15) is 18.4 Å². The third-order valence-corrected chi connectivity index (χ3v) is 6.39. The minimum absolute atomic E-state index is 0.495. The van der Waals surface area contributed by atoms with Crippen molar-refractivity contribution in [2.45, 2.75) is 20.4 Å². The SMILES string of the molecule is Cc1ncc(C#N)c(Nc2ccc3[nH]ccc3c2C)c1-c1ccc(OCCNCc2cccnc2)cc1. The maximum absolute atomic E-state index is 9.86. The number of aryl methyl sites for hydroxylation is 2. The fourth-order valence-corrected chi connectivity index (χ4v) is 4.42. The van der Waals surface area contributed by atoms with Crippen LogP contribution in [0.5, 0.6) is 5.75 Å². The number of hydrogen-bond acceptors (Lipinski definition) is 6. The molecule has 3 aromatic heterocycles. The van der Waals surface area contributed by atoms with Gasteiger partial charge in [0.2, 0.25) is 0 Å². The van der Waals surface area contributed by atoms with Crippen LogP contribution in [0.4, 0.5) is 11.4 Å². The van der Waals surface area contributed by atoms with Gasteiger partial charge in [0.15, 0.2) is 0 Å². The molecule has 0 aliphatic carbocycles. The number of pyridine rings is 2. The van der Waals surface area contributed by atoms with E-state index in [0.29, 0.717) is 12.2 Å². The monoisotopic (exact) mass is 488 g/mol. The van der Waals surface area contributed by atoms with Gasteiger partial charge in [-0.05, 0) is 66.9 Å². The van der Waals surface area contributed by atoms with Gasteiger partial charge in [-0.25, -0.2) is 0 Å². The van der Waals surface area contributed by atoms with Crippen molar-refractivity contribution in [3.05, 3.63) is 102 Å². The molecule has 2 aromatic carbocycles. The zero-order valence-electron chi connectivity index (χ0n) is 20.9. The minimum Gasteiger partial charge on any atom is -0.492 e. The first-order chi connectivity index (χ1) is 18.1. The third kappa shape index (κ3) is 5.30. The molecule has 37 heavy (non-hydrogen) atoms. The zero-order valence-corrected chi connectivity index (χ0v) is 20.9. The third-order valence-electron chi connectivity index (χ3n) is 6.39. The molecule has 0 fully saturated rings. The summed E-state index contributed by atoms with van der Waals surface area (Å²) in [6, 6.07) is 20.3. The Bertz CT molecular complexity index is 1550. The highest BCUT2D eigenvalue weighted by atomic mass is 16.5. The zero-order chi connectivity index (χ0) is 25.6. The molecular weight excluding hydrogens is 460 g/mol. The molecular formula is C30H28N6O. The van der Waals surface area contributed by atoms with Crippen LogP contribution >= 0.6 is 0 Å². The molecule has 7 heteroatoms. The molecule has 0 unspecified atom stereocenters. The number of nitrogens with one attached hydrogen (secondary N) is 3. The van der Waals surface area contributed by atoms with Gasteiger partial charge in [0.25, 0.3) is 0 Å². The number of benzene rings is 2. The van der Waals surface area contributed by atoms with Gasteiger partial charge in [0, 0.05) is 65.7 Å². The van der Waals surface area contributed by atoms with E-state index in [-0.39, 0.29) is 0 Å². The quantitative estimate of drug-likeness (QED) is 0.219. The summed E-state index contributed by atoms with van der Waals surface area (Å²) in [4.78, 5) is 11.9. The Kier molecular flexibility index (Phi) is 7.11. The lowest BCUT2D eigenvalue weighted by Gasteiger charge is -2.18. The summed E-state index contributed by atoms with van der Waals surface area (Å²) >= 11 is 0. The molecule has 0 atom stereocenters. The number of nitriles is 1. The summed E-state index contributed by atoms with van der Waals surface area (Å²) in [6.45, 7) is 6.07. The molecule has 184 valence electrons. The number of anilines is 2. The van der Waals surface area contributed by atoms with Gasteiger partial charge >= 0.3 is 0 Å². The van der Waals surface area contributed by atoms with E-state index in [0.717, 1.165) is 69.1 Å². The second-order valence-corrected chi connectivity index (χ2v) is 8.83. The van der Waals surface area contributed by atoms with Crippen LogP contribution in [0.1, 0.15) is 22.4 Å². The molecule has 3 heterocycles. The predicted molar refractivity (Wildman–Crippen MR) is 147 cm³/mol. The number of hydrogen-bond donors (Lipinski definition) is 3. The van der Waals surface area contributed by atoms with E-state index in [1.165, 1.54) is 0 Å². The maximum Gasteiger partial charge on any atom is 0.119 e. The molecule has 7 nitrogen and oxygen atoms in total. The molecule has 5 rings (SSSR count). The highest BCUT2D eigenvalue weighted by Gasteiger charge is 2.16. The van der Waals surface area contributed by atoms with Crippen LogP contribution in [-0.4, -0.2) is 28.1 Å². The first kappa shape index (κ1) is 24.0. The molecule has 0 saturated heterocycles. The summed E-state index contributed by atoms with van der Waals surface area (Å²) in [6.07, 6.45) is 7.19. The number of rotatable bonds is 9. The summed E-state index contributed by atoms with van der Waals surface area (Å²) in [7, 11) is 0. The molecule has 0 spiro atoms. The standard InChI is InChI=1S/C30H28N6O/c1-20-26-11-13-34-28(26)10-9-27(20)36-30-24(16-31)19-35-21(2)29(30)23-5-7-25(8-6-23)37-15-14-33-18-22-4-3-12-32-17-22/h3-13,17,19,33-34H,14-15,18H2,1-2H3,(H,35,36). The highest BCUT2D eigenvalue weighted by molar-refractivity contribution is 5.92. The first-order valence-corrected chi connectivity index (χ1v) is 12.2. The van der Waals surface area contributed by atoms with Gasteiger partial charge in [0.05, 0.1) is 11.3 Å². The topological polar surface area (TPSA) is 98.7 Å². The lowest BCUT2D eigenvalue weighted by Crippen LogP contribution is -2.20. The average molecular weight is 489 g/mol. The first-order valence-electron chi connectivity index (χ1n) is 12.2. The van der Waals surface area contributed by atoms with Crippen LogP contribution in [0.15, 0.2) is 79.4 Å². The summed E-state index contributed by atoms with van der Waals surface area (Å²) < 4.78 is 5.92. The molecule has 5 aromatic rings. The van der Waals surface area contributed by atoms with Gasteiger partial charge in [-0.1, -0.05) is 18.2 Å². The molecule has 0 aliphatic rings. The van der Waals surface area contributed by atoms with Crippen LogP contribution in [0, 0.1) is 25.2 Å². The highest BCUT2D eigenvalue weighted by Crippen LogP contribution is 2.37. The number of aromatic amines is 1. The van der Waals surface area contributed by atoms with Crippen LogP contribution in [0.25, 0.3) is 22.0 Å². The second-order valence-electron chi connectivity index (χ2n) is 8.83. The normalized spacial score (nSPS) is 10.8. The van der Waals surface area contributed by atoms with Crippen LogP contribution in [0.3, 0.4) is 0 Å². The van der Waals surface area contributed by atoms with E-state index in [2.05, 4.69) is 44.6 Å². The number of ether oxygens (including phenoxy) is 1. The second kappa shape index (κ2) is 10.9. The molecule has 0 radical (unpaired) electrons. The lowest BCUT2D eigenvalue weighted by atomic mass is 9.99. The van der Waals surface area contributed by atoms with Crippen molar-refractivity contribution in [1.29, 1.82) is 5.26 Å². The Morgan fingerprint density at radius 3 is 2.68 bits per heavy atom. The summed E-state index contributed by atoms with van der Waals surface area (Å²) in [5.74, 6) is 0.789. The Labute approximate surface area is 216 Å². The number of H-pyrrole nitrogens is 1. The van der Waals surface area contributed by atoms with E-state index in [4.69, 9.17) is 4.74 Å². The van der Waals surface area contributed by atoms with Crippen LogP contribution in [0.2, 0.25) is 0 Å². The van der Waals surface area contributed by atoms with E-state index in [1.807, 2.05) is 67.8 Å². The predicted octanol–water partition coefficient (Wildman–Crippen LogP) is 6.03. The van der Waals surface area contributed by atoms with Crippen molar-refractivity contribution in [1.82, 2.24) is 20.3 Å².